The van der Waals surface area contributed by atoms with E-state index in [0.29, 0.717) is 0 Å². The molecule has 0 aromatic heterocycles. The van der Waals surface area contributed by atoms with Crippen molar-refractivity contribution in [3.63, 3.8) is 0 Å². The van der Waals surface area contributed by atoms with Gasteiger partial charge in [-0.25, -0.2) is 4.99 Å². The lowest BCUT2D eigenvalue weighted by Gasteiger charge is -2.07. The molecule has 0 aliphatic heterocycles. The minimum Gasteiger partial charge on any atom is -0.335 e. The first kappa shape index (κ1) is 14.0. The lowest BCUT2D eigenvalue weighted by Crippen LogP contribution is -2.06. The zero-order chi connectivity index (χ0) is 13.7. The molecule has 1 N–H and O–H groups in total. The standard InChI is InChI=1S/C15H15ClN2S/c1-11-3-7-13(8-4-11)17-15(19-2)18-14-9-5-12(16)6-10-14/h3-10H,1-2H3,(H,17,18). The summed E-state index contributed by atoms with van der Waals surface area (Å²) in [6.45, 7) is 2.06. The quantitative estimate of drug-likeness (QED) is 0.614. The van der Waals surface area contributed by atoms with Crippen LogP contribution in [0.2, 0.25) is 5.02 Å². The lowest BCUT2D eigenvalue weighted by molar-refractivity contribution is 1.43. The van der Waals surface area contributed by atoms with Crippen LogP contribution in [0.5, 0.6) is 0 Å². The Bertz CT molecular complexity index is 562. The minimum absolute atomic E-state index is 0.728. The molecule has 0 spiro atoms. The zero-order valence-corrected chi connectivity index (χ0v) is 12.4. The van der Waals surface area contributed by atoms with Crippen molar-refractivity contribution >= 4 is 39.9 Å². The Morgan fingerprint density at radius 3 is 2.26 bits per heavy atom. The predicted molar refractivity (Wildman–Crippen MR) is 86.9 cm³/mol. The van der Waals surface area contributed by atoms with Crippen molar-refractivity contribution < 1.29 is 0 Å². The topological polar surface area (TPSA) is 24.4 Å². The van der Waals surface area contributed by atoms with Crippen LogP contribution in [0.15, 0.2) is 53.5 Å². The number of benzene rings is 2. The van der Waals surface area contributed by atoms with E-state index in [9.17, 15) is 0 Å². The summed E-state index contributed by atoms with van der Waals surface area (Å²) in [5.41, 5.74) is 3.15. The summed E-state index contributed by atoms with van der Waals surface area (Å²) in [6, 6.07) is 15.7. The van der Waals surface area contributed by atoms with Gasteiger partial charge in [0.05, 0.1) is 5.69 Å². The zero-order valence-electron chi connectivity index (χ0n) is 10.9. The average Bonchev–Trinajstić information content (AvgIpc) is 2.43. The molecule has 0 heterocycles. The molecule has 2 aromatic rings. The number of halogens is 1. The number of aliphatic imine (C=N–C) groups is 1. The van der Waals surface area contributed by atoms with Crippen LogP contribution < -0.4 is 5.32 Å². The monoisotopic (exact) mass is 290 g/mol. The van der Waals surface area contributed by atoms with Gasteiger partial charge in [-0.2, -0.15) is 0 Å². The maximum Gasteiger partial charge on any atom is 0.165 e. The molecular weight excluding hydrogens is 276 g/mol. The van der Waals surface area contributed by atoms with Gasteiger partial charge in [-0.15, -0.1) is 0 Å². The molecule has 98 valence electrons. The third-order valence-corrected chi connectivity index (χ3v) is 3.39. The van der Waals surface area contributed by atoms with Crippen LogP contribution in [0.4, 0.5) is 11.4 Å². The summed E-state index contributed by atoms with van der Waals surface area (Å²) in [4.78, 5) is 4.57. The Hall–Kier alpha value is -1.45. The second-order valence-corrected chi connectivity index (χ2v) is 5.32. The second-order valence-electron chi connectivity index (χ2n) is 4.09. The van der Waals surface area contributed by atoms with E-state index >= 15 is 0 Å². The molecule has 0 radical (unpaired) electrons. The summed E-state index contributed by atoms with van der Waals surface area (Å²) in [5.74, 6) is 0. The van der Waals surface area contributed by atoms with E-state index in [0.717, 1.165) is 21.6 Å². The van der Waals surface area contributed by atoms with Crippen LogP contribution in [0.1, 0.15) is 5.56 Å². The number of thioether (sulfide) groups is 1. The van der Waals surface area contributed by atoms with Crippen LogP contribution in [0.3, 0.4) is 0 Å². The van der Waals surface area contributed by atoms with E-state index in [1.165, 1.54) is 5.56 Å². The second kappa shape index (κ2) is 6.64. The van der Waals surface area contributed by atoms with Crippen molar-refractivity contribution in [2.45, 2.75) is 6.92 Å². The van der Waals surface area contributed by atoms with Gasteiger partial charge in [0.15, 0.2) is 5.17 Å². The number of nitrogens with one attached hydrogen (secondary N) is 1. The van der Waals surface area contributed by atoms with Crippen molar-refractivity contribution in [1.82, 2.24) is 0 Å². The molecule has 0 fully saturated rings. The van der Waals surface area contributed by atoms with E-state index in [-0.39, 0.29) is 0 Å². The fraction of sp³-hybridized carbons (Fsp3) is 0.133. The van der Waals surface area contributed by atoms with Gasteiger partial charge in [0.1, 0.15) is 0 Å². The summed E-state index contributed by atoms with van der Waals surface area (Å²) >= 11 is 7.44. The highest BCUT2D eigenvalue weighted by atomic mass is 35.5. The van der Waals surface area contributed by atoms with Gasteiger partial charge in [-0.05, 0) is 49.6 Å². The Labute approximate surface area is 122 Å². The molecule has 0 amide bonds. The highest BCUT2D eigenvalue weighted by Crippen LogP contribution is 2.18. The first-order valence-electron chi connectivity index (χ1n) is 5.89. The molecule has 0 saturated carbocycles. The molecule has 0 aliphatic rings. The Kier molecular flexibility index (Phi) is 4.88. The van der Waals surface area contributed by atoms with E-state index < -0.39 is 0 Å². The van der Waals surface area contributed by atoms with Gasteiger partial charge in [0.2, 0.25) is 0 Å². The van der Waals surface area contributed by atoms with Gasteiger partial charge in [-0.1, -0.05) is 41.1 Å². The smallest absolute Gasteiger partial charge is 0.165 e. The number of hydrogen-bond acceptors (Lipinski definition) is 2. The molecule has 0 unspecified atom stereocenters. The lowest BCUT2D eigenvalue weighted by atomic mass is 10.2. The van der Waals surface area contributed by atoms with Gasteiger partial charge in [-0.3, -0.25) is 0 Å². The van der Waals surface area contributed by atoms with Gasteiger partial charge >= 0.3 is 0 Å². The van der Waals surface area contributed by atoms with Crippen molar-refractivity contribution in [3.05, 3.63) is 59.1 Å². The largest absolute Gasteiger partial charge is 0.335 e. The van der Waals surface area contributed by atoms with Crippen molar-refractivity contribution in [1.29, 1.82) is 0 Å². The third kappa shape index (κ3) is 4.30. The number of hydrogen-bond donors (Lipinski definition) is 1. The minimum atomic E-state index is 0.728. The summed E-state index contributed by atoms with van der Waals surface area (Å²) < 4.78 is 0. The van der Waals surface area contributed by atoms with Gasteiger partial charge in [0, 0.05) is 10.7 Å². The van der Waals surface area contributed by atoms with Crippen LogP contribution in [-0.4, -0.2) is 11.4 Å². The molecule has 0 atom stereocenters. The van der Waals surface area contributed by atoms with E-state index in [4.69, 9.17) is 11.6 Å². The van der Waals surface area contributed by atoms with Gasteiger partial charge < -0.3 is 5.32 Å². The van der Waals surface area contributed by atoms with Crippen LogP contribution >= 0.6 is 23.4 Å². The molecule has 0 saturated heterocycles. The predicted octanol–water partition coefficient (Wildman–Crippen LogP) is 5.11. The fourth-order valence-corrected chi connectivity index (χ4v) is 2.06. The van der Waals surface area contributed by atoms with Crippen LogP contribution in [0, 0.1) is 6.92 Å². The first-order valence-corrected chi connectivity index (χ1v) is 7.49. The maximum atomic E-state index is 5.86. The van der Waals surface area contributed by atoms with Crippen molar-refractivity contribution in [3.8, 4) is 0 Å². The van der Waals surface area contributed by atoms with Crippen LogP contribution in [0.25, 0.3) is 0 Å². The molecule has 4 heteroatoms. The Balaban J connectivity index is 2.15. The highest BCUT2D eigenvalue weighted by Gasteiger charge is 1.99. The normalized spacial score (nSPS) is 11.4. The summed E-state index contributed by atoms with van der Waals surface area (Å²) in [7, 11) is 0. The van der Waals surface area contributed by atoms with Crippen molar-refractivity contribution in [2.75, 3.05) is 11.6 Å². The number of nitrogens with zero attached hydrogens (tertiary/aromatic N) is 1. The summed E-state index contributed by atoms with van der Waals surface area (Å²) in [6.07, 6.45) is 2.00. The van der Waals surface area contributed by atoms with E-state index in [2.05, 4.69) is 29.4 Å². The first-order chi connectivity index (χ1) is 9.17. The molecule has 2 aromatic carbocycles. The molecule has 19 heavy (non-hydrogen) atoms. The fourth-order valence-electron chi connectivity index (χ4n) is 1.52. The molecule has 2 nitrogen and oxygen atoms in total. The average molecular weight is 291 g/mol. The summed E-state index contributed by atoms with van der Waals surface area (Å²) in [5, 5.41) is 4.85. The molecule has 2 rings (SSSR count). The van der Waals surface area contributed by atoms with Gasteiger partial charge in [0.25, 0.3) is 0 Å². The molecular formula is C15H15ClN2S. The van der Waals surface area contributed by atoms with E-state index in [1.54, 1.807) is 11.8 Å². The highest BCUT2D eigenvalue weighted by molar-refractivity contribution is 8.13. The SMILES string of the molecule is CSC(=Nc1ccc(C)cc1)Nc1ccc(Cl)cc1. The number of aryl methyl sites for hydroxylation is 1. The number of rotatable bonds is 2. The maximum absolute atomic E-state index is 5.86. The van der Waals surface area contributed by atoms with Crippen LogP contribution in [-0.2, 0) is 0 Å². The Morgan fingerprint density at radius 2 is 1.68 bits per heavy atom. The number of amidine groups is 1. The molecule has 0 aliphatic carbocycles. The number of anilines is 1. The third-order valence-electron chi connectivity index (χ3n) is 2.55. The molecule has 0 bridgehead atoms. The Morgan fingerprint density at radius 1 is 1.05 bits per heavy atom. The van der Waals surface area contributed by atoms with E-state index in [1.807, 2.05) is 42.7 Å². The van der Waals surface area contributed by atoms with Crippen molar-refractivity contribution in [2.24, 2.45) is 4.99 Å².